The van der Waals surface area contributed by atoms with Crippen molar-refractivity contribution < 1.29 is 0 Å². The Morgan fingerprint density at radius 1 is 1.36 bits per heavy atom. The Labute approximate surface area is 91.6 Å². The summed E-state index contributed by atoms with van der Waals surface area (Å²) in [4.78, 5) is 2.71. The molecule has 82 valence electrons. The van der Waals surface area contributed by atoms with E-state index >= 15 is 0 Å². The quantitative estimate of drug-likeness (QED) is 0.772. The van der Waals surface area contributed by atoms with E-state index in [1.807, 2.05) is 0 Å². The first kappa shape index (κ1) is 10.8. The second-order valence-corrected chi connectivity index (χ2v) is 5.78. The third-order valence-electron chi connectivity index (χ3n) is 3.38. The largest absolute Gasteiger partial charge is 0.329 e. The van der Waals surface area contributed by atoms with Gasteiger partial charge in [0.25, 0.3) is 0 Å². The predicted molar refractivity (Wildman–Crippen MR) is 63.7 cm³/mol. The number of nitrogens with two attached hydrogens (primary N) is 1. The fourth-order valence-corrected chi connectivity index (χ4v) is 3.62. The van der Waals surface area contributed by atoms with Crippen molar-refractivity contribution in [3.63, 3.8) is 0 Å². The van der Waals surface area contributed by atoms with Crippen molar-refractivity contribution in [2.75, 3.05) is 18.1 Å². The molecule has 2 fully saturated rings. The summed E-state index contributed by atoms with van der Waals surface area (Å²) in [6, 6.07) is 2.28. The molecule has 2 nitrogen and oxygen atoms in total. The van der Waals surface area contributed by atoms with Crippen LogP contribution in [-0.4, -0.2) is 41.1 Å². The summed E-state index contributed by atoms with van der Waals surface area (Å²) < 4.78 is 0. The highest BCUT2D eigenvalue weighted by Gasteiger charge is 2.36. The molecule has 0 aromatic heterocycles. The summed E-state index contributed by atoms with van der Waals surface area (Å²) in [6.07, 6.45) is 5.61. The molecule has 0 aromatic carbocycles. The van der Waals surface area contributed by atoms with Gasteiger partial charge in [0.2, 0.25) is 0 Å². The molecule has 1 aliphatic heterocycles. The lowest BCUT2D eigenvalue weighted by Gasteiger charge is -2.38. The summed E-state index contributed by atoms with van der Waals surface area (Å²) >= 11 is 2.12. The van der Waals surface area contributed by atoms with Gasteiger partial charge in [-0.2, -0.15) is 11.8 Å². The molecule has 2 aliphatic rings. The Morgan fingerprint density at radius 3 is 2.64 bits per heavy atom. The zero-order valence-electron chi connectivity index (χ0n) is 9.11. The van der Waals surface area contributed by atoms with Crippen LogP contribution in [0.15, 0.2) is 0 Å². The molecular formula is C11H22N2S. The van der Waals surface area contributed by atoms with Crippen LogP contribution in [0.25, 0.3) is 0 Å². The van der Waals surface area contributed by atoms with E-state index in [4.69, 9.17) is 5.73 Å². The fourth-order valence-electron chi connectivity index (χ4n) is 2.47. The molecule has 1 aliphatic carbocycles. The lowest BCUT2D eigenvalue weighted by molar-refractivity contribution is 0.141. The third kappa shape index (κ3) is 2.44. The number of nitrogens with zero attached hydrogens (tertiary/aromatic N) is 1. The molecule has 3 heteroatoms. The maximum absolute atomic E-state index is 5.80. The lowest BCUT2D eigenvalue weighted by atomic mass is 10.1. The van der Waals surface area contributed by atoms with Crippen LogP contribution in [0.5, 0.6) is 0 Å². The van der Waals surface area contributed by atoms with Crippen molar-refractivity contribution in [2.24, 2.45) is 5.73 Å². The SMILES string of the molecule is CC(CN)N(C1CC1)C1CCCSC1. The highest BCUT2D eigenvalue weighted by Crippen LogP contribution is 2.34. The average Bonchev–Trinajstić information content (AvgIpc) is 3.04. The maximum Gasteiger partial charge on any atom is 0.0196 e. The van der Waals surface area contributed by atoms with Gasteiger partial charge in [0, 0.05) is 30.4 Å². The van der Waals surface area contributed by atoms with Crippen LogP contribution < -0.4 is 5.73 Å². The molecule has 2 rings (SSSR count). The summed E-state index contributed by atoms with van der Waals surface area (Å²) in [5.74, 6) is 2.70. The molecule has 0 aromatic rings. The van der Waals surface area contributed by atoms with Crippen LogP contribution in [-0.2, 0) is 0 Å². The minimum Gasteiger partial charge on any atom is -0.329 e. The molecule has 1 heterocycles. The molecule has 0 radical (unpaired) electrons. The number of thioether (sulfide) groups is 1. The Kier molecular flexibility index (Phi) is 3.74. The molecule has 2 atom stereocenters. The predicted octanol–water partition coefficient (Wildman–Crippen LogP) is 1.69. The normalized spacial score (nSPS) is 30.6. The molecule has 2 N–H and O–H groups in total. The van der Waals surface area contributed by atoms with Crippen molar-refractivity contribution in [3.05, 3.63) is 0 Å². The van der Waals surface area contributed by atoms with Gasteiger partial charge in [-0.3, -0.25) is 4.90 Å². The Morgan fingerprint density at radius 2 is 2.14 bits per heavy atom. The highest BCUT2D eigenvalue weighted by atomic mass is 32.2. The van der Waals surface area contributed by atoms with E-state index in [9.17, 15) is 0 Å². The van der Waals surface area contributed by atoms with Crippen LogP contribution >= 0.6 is 11.8 Å². The van der Waals surface area contributed by atoms with Crippen LogP contribution in [0, 0.1) is 0 Å². The number of hydrogen-bond acceptors (Lipinski definition) is 3. The number of hydrogen-bond donors (Lipinski definition) is 1. The molecule has 0 amide bonds. The van der Waals surface area contributed by atoms with Gasteiger partial charge in [-0.1, -0.05) is 0 Å². The van der Waals surface area contributed by atoms with Crippen molar-refractivity contribution >= 4 is 11.8 Å². The second kappa shape index (κ2) is 4.86. The first-order valence-electron chi connectivity index (χ1n) is 5.88. The Bertz CT molecular complexity index is 176. The highest BCUT2D eigenvalue weighted by molar-refractivity contribution is 7.99. The smallest absolute Gasteiger partial charge is 0.0196 e. The molecule has 0 spiro atoms. The topological polar surface area (TPSA) is 29.3 Å². The molecule has 1 saturated heterocycles. The maximum atomic E-state index is 5.80. The molecule has 1 saturated carbocycles. The van der Waals surface area contributed by atoms with Crippen LogP contribution in [0.2, 0.25) is 0 Å². The minimum atomic E-state index is 0.589. The van der Waals surface area contributed by atoms with E-state index in [0.29, 0.717) is 6.04 Å². The number of rotatable bonds is 4. The van der Waals surface area contributed by atoms with E-state index < -0.39 is 0 Å². The summed E-state index contributed by atoms with van der Waals surface area (Å²) in [6.45, 7) is 3.11. The first-order chi connectivity index (χ1) is 6.83. The zero-order chi connectivity index (χ0) is 9.97. The van der Waals surface area contributed by atoms with Gasteiger partial charge < -0.3 is 5.73 Å². The van der Waals surface area contributed by atoms with E-state index in [1.165, 1.54) is 37.2 Å². The minimum absolute atomic E-state index is 0.589. The fraction of sp³-hybridized carbons (Fsp3) is 1.00. The summed E-state index contributed by atoms with van der Waals surface area (Å²) in [5.41, 5.74) is 5.80. The van der Waals surface area contributed by atoms with Crippen LogP contribution in [0.1, 0.15) is 32.6 Å². The molecule has 2 unspecified atom stereocenters. The van der Waals surface area contributed by atoms with Crippen LogP contribution in [0.4, 0.5) is 0 Å². The van der Waals surface area contributed by atoms with Crippen molar-refractivity contribution in [3.8, 4) is 0 Å². The van der Waals surface area contributed by atoms with Gasteiger partial charge in [-0.25, -0.2) is 0 Å². The second-order valence-electron chi connectivity index (χ2n) is 4.63. The molecule has 0 bridgehead atoms. The summed E-state index contributed by atoms with van der Waals surface area (Å²) in [5, 5.41) is 0. The van der Waals surface area contributed by atoms with Gasteiger partial charge in [-0.05, 0) is 38.4 Å². The zero-order valence-corrected chi connectivity index (χ0v) is 9.93. The van der Waals surface area contributed by atoms with Crippen molar-refractivity contribution in [1.29, 1.82) is 0 Å². The van der Waals surface area contributed by atoms with Gasteiger partial charge in [-0.15, -0.1) is 0 Å². The van der Waals surface area contributed by atoms with E-state index in [-0.39, 0.29) is 0 Å². The first-order valence-corrected chi connectivity index (χ1v) is 7.03. The van der Waals surface area contributed by atoms with E-state index in [2.05, 4.69) is 23.6 Å². The van der Waals surface area contributed by atoms with Crippen LogP contribution in [0.3, 0.4) is 0 Å². The lowest BCUT2D eigenvalue weighted by Crippen LogP contribution is -2.48. The van der Waals surface area contributed by atoms with Crippen molar-refractivity contribution in [2.45, 2.75) is 50.7 Å². The summed E-state index contributed by atoms with van der Waals surface area (Å²) in [7, 11) is 0. The molecule has 14 heavy (non-hydrogen) atoms. The van der Waals surface area contributed by atoms with Gasteiger partial charge in [0.15, 0.2) is 0 Å². The Balaban J connectivity index is 1.93. The third-order valence-corrected chi connectivity index (χ3v) is 4.57. The van der Waals surface area contributed by atoms with E-state index in [1.54, 1.807) is 0 Å². The van der Waals surface area contributed by atoms with E-state index in [0.717, 1.165) is 18.6 Å². The monoisotopic (exact) mass is 214 g/mol. The molecular weight excluding hydrogens is 192 g/mol. The van der Waals surface area contributed by atoms with Gasteiger partial charge in [0.05, 0.1) is 0 Å². The van der Waals surface area contributed by atoms with Gasteiger partial charge in [0.1, 0.15) is 0 Å². The van der Waals surface area contributed by atoms with Crippen molar-refractivity contribution in [1.82, 2.24) is 4.90 Å². The standard InChI is InChI=1S/C11H22N2S/c1-9(7-12)13(10-4-5-10)11-3-2-6-14-8-11/h9-11H,2-8,12H2,1H3. The average molecular weight is 214 g/mol. The van der Waals surface area contributed by atoms with Gasteiger partial charge >= 0.3 is 0 Å². The Hall–Kier alpha value is 0.270.